The fourth-order valence-corrected chi connectivity index (χ4v) is 5.86. The van der Waals surface area contributed by atoms with Gasteiger partial charge in [-0.1, -0.05) is 0 Å². The average molecular weight is 449 g/mol. The Morgan fingerprint density at radius 1 is 1.29 bits per heavy atom. The van der Waals surface area contributed by atoms with Crippen molar-refractivity contribution in [2.24, 2.45) is 13.0 Å². The summed E-state index contributed by atoms with van der Waals surface area (Å²) in [4.78, 5) is 29.2. The molecule has 0 bridgehead atoms. The van der Waals surface area contributed by atoms with Crippen LogP contribution in [-0.2, 0) is 26.6 Å². The molecule has 168 valence electrons. The van der Waals surface area contributed by atoms with Gasteiger partial charge in [-0.25, -0.2) is 13.2 Å². The zero-order valence-electron chi connectivity index (χ0n) is 18.2. The van der Waals surface area contributed by atoms with Crippen LogP contribution in [-0.4, -0.2) is 53.8 Å². The van der Waals surface area contributed by atoms with Crippen molar-refractivity contribution >= 4 is 27.6 Å². The molecule has 1 saturated heterocycles. The summed E-state index contributed by atoms with van der Waals surface area (Å²) < 4.78 is 35.3. The minimum absolute atomic E-state index is 0.0423. The molecule has 1 amide bonds. The highest BCUT2D eigenvalue weighted by atomic mass is 32.2. The van der Waals surface area contributed by atoms with Gasteiger partial charge in [-0.15, -0.1) is 0 Å². The molecule has 10 heteroatoms. The number of hydrogen-bond donors (Lipinski definition) is 1. The number of hydrogen-bond acceptors (Lipinski definition) is 6. The molecule has 3 rings (SSSR count). The first-order chi connectivity index (χ1) is 14.7. The molecule has 0 unspecified atom stereocenters. The molecule has 1 N–H and O–H groups in total. The van der Waals surface area contributed by atoms with Gasteiger partial charge in [0, 0.05) is 37.7 Å². The quantitative estimate of drug-likeness (QED) is 0.679. The van der Waals surface area contributed by atoms with Crippen LogP contribution in [0.4, 0.5) is 5.69 Å². The predicted molar refractivity (Wildman–Crippen MR) is 115 cm³/mol. The van der Waals surface area contributed by atoms with Crippen LogP contribution in [0.2, 0.25) is 0 Å². The second-order valence-corrected chi connectivity index (χ2v) is 9.46. The van der Waals surface area contributed by atoms with Crippen molar-refractivity contribution in [1.82, 2.24) is 13.9 Å². The Kier molecular flexibility index (Phi) is 6.80. The molecular weight excluding hydrogens is 420 g/mol. The molecule has 0 radical (unpaired) electrons. The fraction of sp³-hybridized carbons (Fsp3) is 0.476. The SMILES string of the molecule is CCOC(=O)c1c(S(=O)(=O)N2CCC[C@H](C(=O)Nc3cccnc3)C2)c(C)n(C)c1C. The van der Waals surface area contributed by atoms with E-state index in [2.05, 4.69) is 10.3 Å². The summed E-state index contributed by atoms with van der Waals surface area (Å²) in [5, 5.41) is 2.79. The Hall–Kier alpha value is -2.72. The molecule has 0 saturated carbocycles. The Bertz CT molecular complexity index is 1080. The second-order valence-electron chi connectivity index (χ2n) is 7.59. The minimum atomic E-state index is -4.01. The van der Waals surface area contributed by atoms with Crippen LogP contribution in [0.25, 0.3) is 0 Å². The Labute approximate surface area is 182 Å². The van der Waals surface area contributed by atoms with Gasteiger partial charge in [0.15, 0.2) is 0 Å². The molecule has 0 aromatic carbocycles. The lowest BCUT2D eigenvalue weighted by Gasteiger charge is -2.31. The van der Waals surface area contributed by atoms with E-state index >= 15 is 0 Å². The van der Waals surface area contributed by atoms with E-state index in [0.29, 0.717) is 29.9 Å². The normalized spacial score (nSPS) is 17.4. The maximum absolute atomic E-state index is 13.6. The van der Waals surface area contributed by atoms with Gasteiger partial charge < -0.3 is 14.6 Å². The molecule has 31 heavy (non-hydrogen) atoms. The number of sulfonamides is 1. The van der Waals surface area contributed by atoms with Crippen molar-refractivity contribution in [2.75, 3.05) is 25.0 Å². The first-order valence-corrected chi connectivity index (χ1v) is 11.7. The second kappa shape index (κ2) is 9.19. The van der Waals surface area contributed by atoms with Gasteiger partial charge in [-0.05, 0) is 45.7 Å². The van der Waals surface area contributed by atoms with Crippen molar-refractivity contribution in [3.8, 4) is 0 Å². The maximum Gasteiger partial charge on any atom is 0.341 e. The highest BCUT2D eigenvalue weighted by Gasteiger charge is 2.39. The minimum Gasteiger partial charge on any atom is -0.462 e. The summed E-state index contributed by atoms with van der Waals surface area (Å²) in [6.07, 6.45) is 4.27. The van der Waals surface area contributed by atoms with Crippen LogP contribution in [0, 0.1) is 19.8 Å². The van der Waals surface area contributed by atoms with E-state index in [1.165, 1.54) is 10.5 Å². The van der Waals surface area contributed by atoms with E-state index in [0.717, 1.165) is 0 Å². The van der Waals surface area contributed by atoms with Gasteiger partial charge in [0.05, 0.1) is 24.4 Å². The predicted octanol–water partition coefficient (Wildman–Crippen LogP) is 2.25. The van der Waals surface area contributed by atoms with E-state index in [9.17, 15) is 18.0 Å². The van der Waals surface area contributed by atoms with Gasteiger partial charge in [0.25, 0.3) is 0 Å². The van der Waals surface area contributed by atoms with Crippen molar-refractivity contribution in [2.45, 2.75) is 38.5 Å². The molecule has 0 aliphatic carbocycles. The van der Waals surface area contributed by atoms with Crippen LogP contribution >= 0.6 is 0 Å². The van der Waals surface area contributed by atoms with Crippen LogP contribution in [0.5, 0.6) is 0 Å². The molecule has 1 atom stereocenters. The van der Waals surface area contributed by atoms with Crippen LogP contribution in [0.3, 0.4) is 0 Å². The number of ether oxygens (including phenoxy) is 1. The topological polar surface area (TPSA) is 111 Å². The Morgan fingerprint density at radius 3 is 2.68 bits per heavy atom. The van der Waals surface area contributed by atoms with E-state index < -0.39 is 21.9 Å². The smallest absolute Gasteiger partial charge is 0.341 e. The molecule has 2 aromatic rings. The van der Waals surface area contributed by atoms with Crippen molar-refractivity contribution in [1.29, 1.82) is 0 Å². The Morgan fingerprint density at radius 2 is 2.03 bits per heavy atom. The number of amides is 1. The molecule has 9 nitrogen and oxygen atoms in total. The first kappa shape index (κ1) is 23.0. The number of carbonyl (C=O) groups excluding carboxylic acids is 2. The molecular formula is C21H28N4O5S. The van der Waals surface area contributed by atoms with Gasteiger partial charge in [0.2, 0.25) is 15.9 Å². The number of nitrogens with one attached hydrogen (secondary N) is 1. The number of anilines is 1. The summed E-state index contributed by atoms with van der Waals surface area (Å²) in [6.45, 7) is 5.51. The number of nitrogens with zero attached hydrogens (tertiary/aromatic N) is 3. The highest BCUT2D eigenvalue weighted by molar-refractivity contribution is 7.89. The number of pyridine rings is 1. The van der Waals surface area contributed by atoms with Gasteiger partial charge in [-0.2, -0.15) is 4.31 Å². The number of esters is 1. The van der Waals surface area contributed by atoms with E-state index in [4.69, 9.17) is 4.74 Å². The standard InChI is InChI=1S/C21H28N4O5S/c1-5-30-21(27)18-14(2)24(4)15(3)19(18)31(28,29)25-11-7-8-16(13-25)20(26)23-17-9-6-10-22-12-17/h6,9-10,12,16H,5,7-8,11,13H2,1-4H3,(H,23,26)/t16-/m0/s1. The molecule has 1 aliphatic rings. The molecule has 3 heterocycles. The lowest BCUT2D eigenvalue weighted by Crippen LogP contribution is -2.44. The molecule has 2 aromatic heterocycles. The third kappa shape index (κ3) is 4.49. The number of carbonyl (C=O) groups is 2. The summed E-state index contributed by atoms with van der Waals surface area (Å²) in [5.74, 6) is -1.41. The highest BCUT2D eigenvalue weighted by Crippen LogP contribution is 2.32. The van der Waals surface area contributed by atoms with Crippen LogP contribution < -0.4 is 5.32 Å². The van der Waals surface area contributed by atoms with E-state index in [-0.39, 0.29) is 36.1 Å². The monoisotopic (exact) mass is 448 g/mol. The lowest BCUT2D eigenvalue weighted by molar-refractivity contribution is -0.120. The van der Waals surface area contributed by atoms with Crippen molar-refractivity contribution in [3.63, 3.8) is 0 Å². The number of piperidine rings is 1. The summed E-state index contributed by atoms with van der Waals surface area (Å²) >= 11 is 0. The van der Waals surface area contributed by atoms with Crippen molar-refractivity contribution in [3.05, 3.63) is 41.5 Å². The maximum atomic E-state index is 13.6. The number of rotatable bonds is 6. The van der Waals surface area contributed by atoms with Crippen molar-refractivity contribution < 1.29 is 22.7 Å². The zero-order chi connectivity index (χ0) is 22.8. The molecule has 1 aliphatic heterocycles. The van der Waals surface area contributed by atoms with Gasteiger partial charge in [0.1, 0.15) is 10.5 Å². The number of aromatic nitrogens is 2. The largest absolute Gasteiger partial charge is 0.462 e. The third-order valence-electron chi connectivity index (χ3n) is 5.69. The summed E-state index contributed by atoms with van der Waals surface area (Å²) in [7, 11) is -2.29. The summed E-state index contributed by atoms with van der Waals surface area (Å²) in [5.41, 5.74) is 1.61. The Balaban J connectivity index is 1.89. The average Bonchev–Trinajstić information content (AvgIpc) is 2.99. The lowest BCUT2D eigenvalue weighted by atomic mass is 9.99. The van der Waals surface area contributed by atoms with Crippen LogP contribution in [0.15, 0.2) is 29.4 Å². The fourth-order valence-electron chi connectivity index (χ4n) is 3.86. The summed E-state index contributed by atoms with van der Waals surface area (Å²) in [6, 6.07) is 3.44. The van der Waals surface area contributed by atoms with Gasteiger partial charge in [-0.3, -0.25) is 9.78 Å². The zero-order valence-corrected chi connectivity index (χ0v) is 19.0. The third-order valence-corrected chi connectivity index (χ3v) is 7.71. The van der Waals surface area contributed by atoms with E-state index in [1.54, 1.807) is 50.7 Å². The van der Waals surface area contributed by atoms with Gasteiger partial charge >= 0.3 is 5.97 Å². The first-order valence-electron chi connectivity index (χ1n) is 10.2. The molecule has 1 fully saturated rings. The van der Waals surface area contributed by atoms with E-state index in [1.807, 2.05) is 0 Å². The molecule has 0 spiro atoms. The van der Waals surface area contributed by atoms with Crippen LogP contribution in [0.1, 0.15) is 41.5 Å².